The number of rotatable bonds is 5. The van der Waals surface area contributed by atoms with Crippen LogP contribution in [0.5, 0.6) is 5.75 Å². The number of alkyl halides is 1. The molecule has 3 heteroatoms. The average molecular weight is 201 g/mol. The summed E-state index contributed by atoms with van der Waals surface area (Å²) >= 11 is 5.64. The van der Waals surface area contributed by atoms with E-state index in [1.54, 1.807) is 0 Å². The van der Waals surface area contributed by atoms with Crippen molar-refractivity contribution in [1.82, 2.24) is 0 Å². The van der Waals surface area contributed by atoms with Crippen LogP contribution in [0.15, 0.2) is 24.3 Å². The van der Waals surface area contributed by atoms with Crippen molar-refractivity contribution < 1.29 is 9.47 Å². The summed E-state index contributed by atoms with van der Waals surface area (Å²) in [5, 5.41) is 0. The third-order valence-electron chi connectivity index (χ3n) is 1.59. The van der Waals surface area contributed by atoms with E-state index in [2.05, 4.69) is 0 Å². The molecule has 1 aromatic carbocycles. The van der Waals surface area contributed by atoms with E-state index in [-0.39, 0.29) is 0 Å². The van der Waals surface area contributed by atoms with Crippen LogP contribution >= 0.6 is 11.6 Å². The van der Waals surface area contributed by atoms with Crippen molar-refractivity contribution in [3.8, 4) is 5.75 Å². The van der Waals surface area contributed by atoms with Crippen molar-refractivity contribution in [2.24, 2.45) is 0 Å². The molecule has 0 saturated heterocycles. The van der Waals surface area contributed by atoms with Gasteiger partial charge in [0.1, 0.15) is 5.75 Å². The van der Waals surface area contributed by atoms with E-state index in [1.165, 1.54) is 0 Å². The quantitative estimate of drug-likeness (QED) is 0.414. The molecule has 1 rings (SSSR count). The molecule has 0 amide bonds. The fourth-order valence-electron chi connectivity index (χ4n) is 0.868. The number of halogens is 1. The van der Waals surface area contributed by atoms with Gasteiger partial charge in [0.15, 0.2) is 6.79 Å². The van der Waals surface area contributed by atoms with Crippen molar-refractivity contribution in [1.29, 1.82) is 0 Å². The predicted molar refractivity (Wildman–Crippen MR) is 53.1 cm³/mol. The Labute approximate surface area is 83.4 Å². The molecule has 0 aliphatic heterocycles. The first-order chi connectivity index (χ1) is 6.36. The lowest BCUT2D eigenvalue weighted by Crippen LogP contribution is -2.01. The lowest BCUT2D eigenvalue weighted by Gasteiger charge is -2.05. The van der Waals surface area contributed by atoms with Gasteiger partial charge in [-0.1, -0.05) is 12.1 Å². The molecule has 2 nitrogen and oxygen atoms in total. The molecule has 0 atom stereocenters. The van der Waals surface area contributed by atoms with Crippen LogP contribution < -0.4 is 4.74 Å². The van der Waals surface area contributed by atoms with Gasteiger partial charge in [-0.05, 0) is 24.6 Å². The molecule has 0 N–H and O–H groups in total. The molecule has 72 valence electrons. The number of benzene rings is 1. The molecule has 0 aromatic heterocycles. The second-order valence-corrected chi connectivity index (χ2v) is 2.80. The second-order valence-electron chi connectivity index (χ2n) is 2.53. The molecule has 0 aliphatic rings. The van der Waals surface area contributed by atoms with Crippen LogP contribution in [0.3, 0.4) is 0 Å². The highest BCUT2D eigenvalue weighted by Gasteiger charge is 1.93. The van der Waals surface area contributed by atoms with Gasteiger partial charge in [-0.15, -0.1) is 11.6 Å². The summed E-state index contributed by atoms with van der Waals surface area (Å²) in [4.78, 5) is 0. The van der Waals surface area contributed by atoms with E-state index < -0.39 is 0 Å². The minimum absolute atomic E-state index is 0.302. The van der Waals surface area contributed by atoms with Crippen molar-refractivity contribution in [2.45, 2.75) is 12.8 Å². The molecule has 0 spiro atoms. The van der Waals surface area contributed by atoms with Gasteiger partial charge in [0.2, 0.25) is 0 Å². The fourth-order valence-corrected chi connectivity index (χ4v) is 1.05. The maximum Gasteiger partial charge on any atom is 0.189 e. The third-order valence-corrected chi connectivity index (χ3v) is 1.90. The van der Waals surface area contributed by atoms with E-state index in [1.807, 2.05) is 31.2 Å². The molecule has 0 heterocycles. The summed E-state index contributed by atoms with van der Waals surface area (Å²) in [7, 11) is 0. The minimum atomic E-state index is 0.302. The summed E-state index contributed by atoms with van der Waals surface area (Å²) in [6, 6.07) is 7.65. The third kappa shape index (κ3) is 3.66. The highest BCUT2D eigenvalue weighted by atomic mass is 35.5. The zero-order valence-electron chi connectivity index (χ0n) is 7.63. The van der Waals surface area contributed by atoms with E-state index >= 15 is 0 Å². The van der Waals surface area contributed by atoms with E-state index in [0.29, 0.717) is 19.3 Å². The first-order valence-corrected chi connectivity index (χ1v) is 4.75. The molecule has 13 heavy (non-hydrogen) atoms. The van der Waals surface area contributed by atoms with Crippen LogP contribution in [-0.4, -0.2) is 13.4 Å². The Kier molecular flexibility index (Phi) is 4.65. The Morgan fingerprint density at radius 2 is 1.92 bits per heavy atom. The van der Waals surface area contributed by atoms with Crippen molar-refractivity contribution in [2.75, 3.05) is 13.4 Å². The zero-order chi connectivity index (χ0) is 9.52. The predicted octanol–water partition coefficient (Wildman–Crippen LogP) is 2.80. The maximum absolute atomic E-state index is 5.64. The standard InChI is InChI=1S/C10H13ClO2/c1-2-12-8-13-10-5-3-9(7-11)4-6-10/h3-6H,2,7-8H2,1H3. The first-order valence-electron chi connectivity index (χ1n) is 4.22. The van der Waals surface area contributed by atoms with Gasteiger partial charge in [0.25, 0.3) is 0 Å². The number of ether oxygens (including phenoxy) is 2. The molecule has 0 saturated carbocycles. The lowest BCUT2D eigenvalue weighted by atomic mass is 10.2. The van der Waals surface area contributed by atoms with E-state index in [4.69, 9.17) is 21.1 Å². The van der Waals surface area contributed by atoms with Gasteiger partial charge in [-0.3, -0.25) is 0 Å². The Morgan fingerprint density at radius 3 is 2.46 bits per heavy atom. The fraction of sp³-hybridized carbons (Fsp3) is 0.400. The summed E-state index contributed by atoms with van der Waals surface area (Å²) < 4.78 is 10.3. The summed E-state index contributed by atoms with van der Waals surface area (Å²) in [5.41, 5.74) is 1.09. The monoisotopic (exact) mass is 200 g/mol. The van der Waals surface area contributed by atoms with Gasteiger partial charge >= 0.3 is 0 Å². The molecule has 0 bridgehead atoms. The Bertz CT molecular complexity index is 233. The molecular formula is C10H13ClO2. The van der Waals surface area contributed by atoms with Gasteiger partial charge in [-0.2, -0.15) is 0 Å². The second kappa shape index (κ2) is 5.84. The number of hydrogen-bond acceptors (Lipinski definition) is 2. The van der Waals surface area contributed by atoms with Crippen LogP contribution in [0.25, 0.3) is 0 Å². The van der Waals surface area contributed by atoms with Crippen molar-refractivity contribution in [3.05, 3.63) is 29.8 Å². The van der Waals surface area contributed by atoms with Crippen LogP contribution in [0, 0.1) is 0 Å². The molecule has 0 fully saturated rings. The average Bonchev–Trinajstić information content (AvgIpc) is 2.19. The van der Waals surface area contributed by atoms with Gasteiger partial charge in [0.05, 0.1) is 0 Å². The SMILES string of the molecule is CCOCOc1ccc(CCl)cc1. The van der Waals surface area contributed by atoms with Gasteiger partial charge in [-0.25, -0.2) is 0 Å². The van der Waals surface area contributed by atoms with Gasteiger partial charge < -0.3 is 9.47 Å². The van der Waals surface area contributed by atoms with Crippen LogP contribution in [-0.2, 0) is 10.6 Å². The summed E-state index contributed by atoms with van der Waals surface area (Å²) in [6.07, 6.45) is 0. The molecule has 0 unspecified atom stereocenters. The summed E-state index contributed by atoms with van der Waals surface area (Å²) in [5.74, 6) is 1.34. The molecule has 0 aliphatic carbocycles. The first kappa shape index (κ1) is 10.4. The largest absolute Gasteiger partial charge is 0.468 e. The molecule has 1 aromatic rings. The highest BCUT2D eigenvalue weighted by molar-refractivity contribution is 6.17. The van der Waals surface area contributed by atoms with E-state index in [9.17, 15) is 0 Å². The Hall–Kier alpha value is -0.730. The number of hydrogen-bond donors (Lipinski definition) is 0. The summed E-state index contributed by atoms with van der Waals surface area (Å²) in [6.45, 7) is 2.90. The van der Waals surface area contributed by atoms with Crippen LogP contribution in [0.2, 0.25) is 0 Å². The normalized spacial score (nSPS) is 10.0. The van der Waals surface area contributed by atoms with Crippen molar-refractivity contribution >= 4 is 11.6 Å². The van der Waals surface area contributed by atoms with Crippen molar-refractivity contribution in [3.63, 3.8) is 0 Å². The topological polar surface area (TPSA) is 18.5 Å². The molecular weight excluding hydrogens is 188 g/mol. The highest BCUT2D eigenvalue weighted by Crippen LogP contribution is 2.13. The van der Waals surface area contributed by atoms with Crippen LogP contribution in [0.4, 0.5) is 0 Å². The van der Waals surface area contributed by atoms with Gasteiger partial charge in [0, 0.05) is 12.5 Å². The smallest absolute Gasteiger partial charge is 0.189 e. The molecule has 0 radical (unpaired) electrons. The zero-order valence-corrected chi connectivity index (χ0v) is 8.38. The van der Waals surface area contributed by atoms with Crippen LogP contribution in [0.1, 0.15) is 12.5 Å². The minimum Gasteiger partial charge on any atom is -0.468 e. The Morgan fingerprint density at radius 1 is 1.23 bits per heavy atom. The van der Waals surface area contributed by atoms with E-state index in [0.717, 1.165) is 11.3 Å². The maximum atomic E-state index is 5.64. The lowest BCUT2D eigenvalue weighted by molar-refractivity contribution is 0.0224. The Balaban J connectivity index is 2.40.